The van der Waals surface area contributed by atoms with E-state index in [-0.39, 0.29) is 11.7 Å². The maximum atomic E-state index is 12.6. The van der Waals surface area contributed by atoms with Crippen LogP contribution in [0.1, 0.15) is 30.9 Å². The molecule has 33 heavy (non-hydrogen) atoms. The molecule has 1 heterocycles. The van der Waals surface area contributed by atoms with Gasteiger partial charge in [0.1, 0.15) is 5.69 Å². The van der Waals surface area contributed by atoms with Gasteiger partial charge in [-0.1, -0.05) is 97.9 Å². The molecule has 0 aliphatic carbocycles. The average Bonchev–Trinajstić information content (AvgIpc) is 3.28. The standard InChI is InChI=1S/C28H28N2O2S/c1-3-4-11-21-16-17-24(20(2)18-21)29-25(31)19-33-28-30-26(22-12-7-5-8-13-22)27(32-28)23-14-9-6-10-15-23/h5-10,12-18H,3-4,11,19H2,1-2H3,(H,29,31). The van der Waals surface area contributed by atoms with Crippen molar-refractivity contribution in [2.45, 2.75) is 38.3 Å². The van der Waals surface area contributed by atoms with Crippen molar-refractivity contribution in [2.75, 3.05) is 11.1 Å². The fourth-order valence-corrected chi connectivity index (χ4v) is 4.28. The van der Waals surface area contributed by atoms with Crippen LogP contribution in [0.25, 0.3) is 22.6 Å². The van der Waals surface area contributed by atoms with Crippen molar-refractivity contribution in [3.8, 4) is 22.6 Å². The smallest absolute Gasteiger partial charge is 0.257 e. The van der Waals surface area contributed by atoms with Crippen LogP contribution in [0.2, 0.25) is 0 Å². The first kappa shape index (κ1) is 22.9. The number of unbranched alkanes of at least 4 members (excludes halogenated alkanes) is 1. The van der Waals surface area contributed by atoms with Crippen molar-refractivity contribution in [3.05, 3.63) is 90.0 Å². The Morgan fingerprint density at radius 1 is 0.970 bits per heavy atom. The summed E-state index contributed by atoms with van der Waals surface area (Å²) < 4.78 is 6.10. The van der Waals surface area contributed by atoms with Crippen LogP contribution < -0.4 is 5.32 Å². The Morgan fingerprint density at radius 3 is 2.33 bits per heavy atom. The second-order valence-corrected chi connectivity index (χ2v) is 8.91. The van der Waals surface area contributed by atoms with Gasteiger partial charge in [0.25, 0.3) is 5.22 Å². The summed E-state index contributed by atoms with van der Waals surface area (Å²) in [5.41, 5.74) is 5.96. The molecule has 4 nitrogen and oxygen atoms in total. The number of hydrogen-bond donors (Lipinski definition) is 1. The van der Waals surface area contributed by atoms with Gasteiger partial charge < -0.3 is 9.73 Å². The third-order valence-electron chi connectivity index (χ3n) is 5.40. The van der Waals surface area contributed by atoms with E-state index in [0.29, 0.717) is 11.0 Å². The van der Waals surface area contributed by atoms with E-state index >= 15 is 0 Å². The molecule has 0 spiro atoms. The first-order valence-electron chi connectivity index (χ1n) is 11.3. The molecule has 5 heteroatoms. The van der Waals surface area contributed by atoms with E-state index in [9.17, 15) is 4.79 Å². The highest BCUT2D eigenvalue weighted by Crippen LogP contribution is 2.35. The number of hydrogen-bond acceptors (Lipinski definition) is 4. The number of amides is 1. The van der Waals surface area contributed by atoms with Crippen LogP contribution in [-0.2, 0) is 11.2 Å². The Hall–Kier alpha value is -3.31. The molecule has 0 unspecified atom stereocenters. The zero-order valence-electron chi connectivity index (χ0n) is 19.0. The van der Waals surface area contributed by atoms with Gasteiger partial charge in [-0.3, -0.25) is 4.79 Å². The van der Waals surface area contributed by atoms with Gasteiger partial charge in [-0.25, -0.2) is 4.98 Å². The molecule has 4 rings (SSSR count). The Bertz CT molecular complexity index is 1150. The van der Waals surface area contributed by atoms with Crippen LogP contribution in [0.3, 0.4) is 0 Å². The number of rotatable bonds is 9. The van der Waals surface area contributed by atoms with E-state index in [1.807, 2.05) is 73.7 Å². The summed E-state index contributed by atoms with van der Waals surface area (Å²) in [4.78, 5) is 17.3. The van der Waals surface area contributed by atoms with Gasteiger partial charge in [0.15, 0.2) is 5.76 Å². The summed E-state index contributed by atoms with van der Waals surface area (Å²) in [6.45, 7) is 4.23. The van der Waals surface area contributed by atoms with E-state index in [1.54, 1.807) is 0 Å². The third kappa shape index (κ3) is 5.93. The summed E-state index contributed by atoms with van der Waals surface area (Å²) in [6, 6.07) is 26.1. The Labute approximate surface area is 199 Å². The number of carbonyl (C=O) groups is 1. The first-order chi connectivity index (χ1) is 16.1. The number of carbonyl (C=O) groups excluding carboxylic acids is 1. The van der Waals surface area contributed by atoms with Crippen molar-refractivity contribution in [1.29, 1.82) is 0 Å². The van der Waals surface area contributed by atoms with Crippen LogP contribution in [-0.4, -0.2) is 16.6 Å². The molecule has 4 aromatic rings. The topological polar surface area (TPSA) is 55.1 Å². The molecular formula is C28H28N2O2S. The lowest BCUT2D eigenvalue weighted by molar-refractivity contribution is -0.113. The molecule has 3 aromatic carbocycles. The van der Waals surface area contributed by atoms with Crippen LogP contribution in [0.4, 0.5) is 5.69 Å². The number of benzene rings is 3. The molecule has 0 fully saturated rings. The van der Waals surface area contributed by atoms with Gasteiger partial charge in [0.05, 0.1) is 5.75 Å². The Balaban J connectivity index is 1.46. The molecular weight excluding hydrogens is 428 g/mol. The molecule has 0 radical (unpaired) electrons. The first-order valence-corrected chi connectivity index (χ1v) is 12.3. The van der Waals surface area contributed by atoms with E-state index in [2.05, 4.69) is 24.4 Å². The molecule has 1 amide bonds. The molecule has 0 aliphatic rings. The average molecular weight is 457 g/mol. The minimum absolute atomic E-state index is 0.0786. The predicted octanol–water partition coefficient (Wildman–Crippen LogP) is 7.39. The van der Waals surface area contributed by atoms with Crippen LogP contribution in [0, 0.1) is 6.92 Å². The molecule has 168 valence electrons. The number of nitrogens with zero attached hydrogens (tertiary/aromatic N) is 1. The highest BCUT2D eigenvalue weighted by Gasteiger charge is 2.18. The van der Waals surface area contributed by atoms with Crippen LogP contribution >= 0.6 is 11.8 Å². The molecule has 0 atom stereocenters. The molecule has 0 saturated carbocycles. The third-order valence-corrected chi connectivity index (χ3v) is 6.23. The van der Waals surface area contributed by atoms with Gasteiger partial charge in [-0.05, 0) is 37.0 Å². The van der Waals surface area contributed by atoms with Crippen molar-refractivity contribution >= 4 is 23.4 Å². The lowest BCUT2D eigenvalue weighted by Gasteiger charge is -2.10. The van der Waals surface area contributed by atoms with Crippen molar-refractivity contribution in [2.24, 2.45) is 0 Å². The van der Waals surface area contributed by atoms with E-state index in [1.165, 1.54) is 30.2 Å². The monoisotopic (exact) mass is 456 g/mol. The summed E-state index contributed by atoms with van der Waals surface area (Å²) >= 11 is 1.30. The van der Waals surface area contributed by atoms with Crippen molar-refractivity contribution < 1.29 is 9.21 Å². The summed E-state index contributed by atoms with van der Waals surface area (Å²) in [6.07, 6.45) is 3.42. The van der Waals surface area contributed by atoms with Gasteiger partial charge in [-0.15, -0.1) is 0 Å². The van der Waals surface area contributed by atoms with Crippen molar-refractivity contribution in [3.63, 3.8) is 0 Å². The van der Waals surface area contributed by atoms with E-state index < -0.39 is 0 Å². The number of nitrogens with one attached hydrogen (secondary N) is 1. The SMILES string of the molecule is CCCCc1ccc(NC(=O)CSc2nc(-c3ccccc3)c(-c3ccccc3)o2)c(C)c1. The van der Waals surface area contributed by atoms with Gasteiger partial charge >= 0.3 is 0 Å². The fraction of sp³-hybridized carbons (Fsp3) is 0.214. The molecule has 0 saturated heterocycles. The molecule has 0 bridgehead atoms. The number of aromatic nitrogens is 1. The quantitative estimate of drug-likeness (QED) is 0.267. The van der Waals surface area contributed by atoms with Crippen molar-refractivity contribution in [1.82, 2.24) is 4.98 Å². The van der Waals surface area contributed by atoms with Gasteiger partial charge in [0, 0.05) is 16.8 Å². The number of oxazole rings is 1. The summed E-state index contributed by atoms with van der Waals surface area (Å²) in [5.74, 6) is 0.855. The predicted molar refractivity (Wildman–Crippen MR) is 137 cm³/mol. The van der Waals surface area contributed by atoms with E-state index in [0.717, 1.165) is 34.5 Å². The molecule has 1 N–H and O–H groups in total. The van der Waals surface area contributed by atoms with Gasteiger partial charge in [-0.2, -0.15) is 0 Å². The highest BCUT2D eigenvalue weighted by molar-refractivity contribution is 7.99. The van der Waals surface area contributed by atoms with Crippen LogP contribution in [0.15, 0.2) is 88.5 Å². The molecule has 1 aromatic heterocycles. The normalized spacial score (nSPS) is 10.8. The van der Waals surface area contributed by atoms with Crippen LogP contribution in [0.5, 0.6) is 0 Å². The zero-order valence-corrected chi connectivity index (χ0v) is 19.8. The minimum Gasteiger partial charge on any atom is -0.431 e. The molecule has 0 aliphatic heterocycles. The van der Waals surface area contributed by atoms with E-state index in [4.69, 9.17) is 9.40 Å². The second kappa shape index (κ2) is 11.0. The highest BCUT2D eigenvalue weighted by atomic mass is 32.2. The minimum atomic E-state index is -0.0786. The summed E-state index contributed by atoms with van der Waals surface area (Å²) in [7, 11) is 0. The summed E-state index contributed by atoms with van der Waals surface area (Å²) in [5, 5.41) is 3.50. The fourth-order valence-electron chi connectivity index (χ4n) is 3.66. The zero-order chi connectivity index (χ0) is 23.0. The Morgan fingerprint density at radius 2 is 1.67 bits per heavy atom. The second-order valence-electron chi connectivity index (χ2n) is 7.98. The maximum absolute atomic E-state index is 12.6. The number of aryl methyl sites for hydroxylation is 2. The number of thioether (sulfide) groups is 1. The van der Waals surface area contributed by atoms with Gasteiger partial charge in [0.2, 0.25) is 5.91 Å². The largest absolute Gasteiger partial charge is 0.431 e. The lowest BCUT2D eigenvalue weighted by Crippen LogP contribution is -2.15. The number of anilines is 1. The maximum Gasteiger partial charge on any atom is 0.257 e. The lowest BCUT2D eigenvalue weighted by atomic mass is 10.0. The Kier molecular flexibility index (Phi) is 7.63.